The smallest absolute Gasteiger partial charge is 0.141 e. The van der Waals surface area contributed by atoms with E-state index in [9.17, 15) is 0 Å². The van der Waals surface area contributed by atoms with Crippen LogP contribution >= 0.6 is 39.1 Å². The van der Waals surface area contributed by atoms with Gasteiger partial charge in [0.2, 0.25) is 0 Å². The largest absolute Gasteiger partial charge is 0.495 e. The lowest BCUT2D eigenvalue weighted by Crippen LogP contribution is -1.94. The molecule has 0 heterocycles. The van der Waals surface area contributed by atoms with E-state index in [2.05, 4.69) is 29.8 Å². The zero-order valence-corrected chi connectivity index (χ0v) is 13.8. The first-order chi connectivity index (χ1) is 8.42. The molecule has 0 fully saturated rings. The fourth-order valence-corrected chi connectivity index (χ4v) is 2.17. The summed E-state index contributed by atoms with van der Waals surface area (Å²) in [6, 6.07) is 1.67. The van der Waals surface area contributed by atoms with Gasteiger partial charge in [0.1, 0.15) is 11.5 Å². The Labute approximate surface area is 126 Å². The second-order valence-corrected chi connectivity index (χ2v) is 5.68. The lowest BCUT2D eigenvalue weighted by molar-refractivity contribution is 0.394. The summed E-state index contributed by atoms with van der Waals surface area (Å²) in [4.78, 5) is 0. The van der Waals surface area contributed by atoms with Crippen LogP contribution in [0.3, 0.4) is 0 Å². The van der Waals surface area contributed by atoms with E-state index in [0.29, 0.717) is 33.0 Å². The van der Waals surface area contributed by atoms with Crippen LogP contribution in [0.25, 0.3) is 6.08 Å². The Hall–Kier alpha value is -0.380. The van der Waals surface area contributed by atoms with Crippen LogP contribution in [0, 0.1) is 5.92 Å². The Kier molecular flexibility index (Phi) is 5.83. The van der Waals surface area contributed by atoms with E-state index in [1.807, 2.05) is 6.08 Å². The summed E-state index contributed by atoms with van der Waals surface area (Å²) >= 11 is 16.0. The summed E-state index contributed by atoms with van der Waals surface area (Å²) < 4.78 is 11.4. The first kappa shape index (κ1) is 15.7. The van der Waals surface area contributed by atoms with Crippen LogP contribution in [0.15, 0.2) is 10.5 Å². The second-order valence-electron chi connectivity index (χ2n) is 4.01. The first-order valence-electron chi connectivity index (χ1n) is 5.39. The summed E-state index contributed by atoms with van der Waals surface area (Å²) in [6.07, 6.45) is 1.89. The molecule has 2 nitrogen and oxygen atoms in total. The maximum atomic E-state index is 6.26. The van der Waals surface area contributed by atoms with Crippen molar-refractivity contribution in [3.63, 3.8) is 0 Å². The Morgan fingerprint density at radius 3 is 1.94 bits per heavy atom. The van der Waals surface area contributed by atoms with Crippen LogP contribution in [0.2, 0.25) is 10.0 Å². The molecule has 0 amide bonds. The molecule has 1 aromatic carbocycles. The van der Waals surface area contributed by atoms with Crippen LogP contribution < -0.4 is 9.47 Å². The third-order valence-corrected chi connectivity index (χ3v) is 4.37. The molecule has 0 saturated carbocycles. The minimum atomic E-state index is 0.342. The van der Waals surface area contributed by atoms with E-state index in [1.54, 1.807) is 20.3 Å². The number of hydrogen-bond donors (Lipinski definition) is 0. The molecule has 0 bridgehead atoms. The van der Waals surface area contributed by atoms with Crippen LogP contribution in [-0.4, -0.2) is 14.2 Å². The maximum Gasteiger partial charge on any atom is 0.141 e. The molecule has 100 valence electrons. The first-order valence-corrected chi connectivity index (χ1v) is 6.94. The predicted molar refractivity (Wildman–Crippen MR) is 81.3 cm³/mol. The summed E-state index contributed by atoms with van der Waals surface area (Å²) in [6.45, 7) is 4.14. The lowest BCUT2D eigenvalue weighted by atomic mass is 10.1. The molecule has 0 aliphatic rings. The topological polar surface area (TPSA) is 18.5 Å². The van der Waals surface area contributed by atoms with Crippen molar-refractivity contribution in [1.29, 1.82) is 0 Å². The molecular weight excluding hydrogens is 339 g/mol. The number of allylic oxidation sites excluding steroid dienone is 1. The van der Waals surface area contributed by atoms with Crippen molar-refractivity contribution < 1.29 is 9.47 Å². The van der Waals surface area contributed by atoms with Crippen molar-refractivity contribution in [3.8, 4) is 11.5 Å². The number of ether oxygens (including phenoxy) is 2. The minimum absolute atomic E-state index is 0.342. The highest BCUT2D eigenvalue weighted by Crippen LogP contribution is 2.42. The number of methoxy groups -OCH3 is 2. The number of benzene rings is 1. The third kappa shape index (κ3) is 3.34. The van der Waals surface area contributed by atoms with Gasteiger partial charge in [-0.2, -0.15) is 0 Å². The van der Waals surface area contributed by atoms with Gasteiger partial charge >= 0.3 is 0 Å². The van der Waals surface area contributed by atoms with Gasteiger partial charge in [-0.1, -0.05) is 53.0 Å². The van der Waals surface area contributed by atoms with Gasteiger partial charge in [0.15, 0.2) is 0 Å². The lowest BCUT2D eigenvalue weighted by Gasteiger charge is -2.13. The fourth-order valence-electron chi connectivity index (χ4n) is 1.34. The highest BCUT2D eigenvalue weighted by atomic mass is 79.9. The zero-order valence-electron chi connectivity index (χ0n) is 10.7. The van der Waals surface area contributed by atoms with E-state index in [0.717, 1.165) is 4.48 Å². The SMILES string of the molecule is COc1cc(OC)c(Cl)c(C=C(Br)C(C)C)c1Cl. The molecule has 0 N–H and O–H groups in total. The molecule has 1 aromatic rings. The van der Waals surface area contributed by atoms with Crippen LogP contribution in [0.4, 0.5) is 0 Å². The van der Waals surface area contributed by atoms with Gasteiger partial charge in [-0.25, -0.2) is 0 Å². The van der Waals surface area contributed by atoms with Crippen molar-refractivity contribution in [2.75, 3.05) is 14.2 Å². The van der Waals surface area contributed by atoms with E-state index in [4.69, 9.17) is 32.7 Å². The normalized spacial score (nSPS) is 11.9. The van der Waals surface area contributed by atoms with E-state index in [-0.39, 0.29) is 0 Å². The minimum Gasteiger partial charge on any atom is -0.495 e. The average Bonchev–Trinajstić information content (AvgIpc) is 2.34. The highest BCUT2D eigenvalue weighted by Gasteiger charge is 2.16. The molecular formula is C13H15BrCl2O2. The Morgan fingerprint density at radius 1 is 1.17 bits per heavy atom. The molecule has 0 unspecified atom stereocenters. The van der Waals surface area contributed by atoms with E-state index >= 15 is 0 Å². The fraction of sp³-hybridized carbons (Fsp3) is 0.385. The standard InChI is InChI=1S/C13H15BrCl2O2/c1-7(2)9(14)5-8-12(15)10(17-3)6-11(18-4)13(8)16/h5-7H,1-4H3. The molecule has 0 aromatic heterocycles. The monoisotopic (exact) mass is 352 g/mol. The average molecular weight is 354 g/mol. The summed E-state index contributed by atoms with van der Waals surface area (Å²) in [7, 11) is 3.11. The second kappa shape index (κ2) is 6.69. The molecule has 0 spiro atoms. The van der Waals surface area contributed by atoms with Crippen molar-refractivity contribution in [2.45, 2.75) is 13.8 Å². The molecule has 0 radical (unpaired) electrons. The van der Waals surface area contributed by atoms with Crippen LogP contribution in [0.5, 0.6) is 11.5 Å². The maximum absolute atomic E-state index is 6.26. The van der Waals surface area contributed by atoms with Gasteiger partial charge in [0.05, 0.1) is 24.3 Å². The molecule has 5 heteroatoms. The summed E-state index contributed by atoms with van der Waals surface area (Å²) in [5.74, 6) is 1.41. The van der Waals surface area contributed by atoms with Crippen molar-refractivity contribution in [3.05, 3.63) is 26.2 Å². The van der Waals surface area contributed by atoms with Crippen molar-refractivity contribution in [2.24, 2.45) is 5.92 Å². The molecule has 18 heavy (non-hydrogen) atoms. The Bertz CT molecular complexity index is 442. The highest BCUT2D eigenvalue weighted by molar-refractivity contribution is 9.11. The van der Waals surface area contributed by atoms with Crippen LogP contribution in [0.1, 0.15) is 19.4 Å². The molecule has 1 rings (SSSR count). The number of hydrogen-bond acceptors (Lipinski definition) is 2. The molecule has 0 aliphatic heterocycles. The van der Waals surface area contributed by atoms with Gasteiger partial charge < -0.3 is 9.47 Å². The molecule has 0 aliphatic carbocycles. The molecule has 0 atom stereocenters. The third-order valence-electron chi connectivity index (χ3n) is 2.44. The van der Waals surface area contributed by atoms with Gasteiger partial charge in [-0.15, -0.1) is 0 Å². The van der Waals surface area contributed by atoms with Gasteiger partial charge in [-0.05, 0) is 16.5 Å². The van der Waals surface area contributed by atoms with Crippen molar-refractivity contribution >= 4 is 45.2 Å². The van der Waals surface area contributed by atoms with Gasteiger partial charge in [0, 0.05) is 11.6 Å². The van der Waals surface area contributed by atoms with E-state index in [1.165, 1.54) is 0 Å². The van der Waals surface area contributed by atoms with Gasteiger partial charge in [0.25, 0.3) is 0 Å². The number of halogens is 3. The number of rotatable bonds is 4. The Balaban J connectivity index is 3.46. The van der Waals surface area contributed by atoms with E-state index < -0.39 is 0 Å². The molecule has 0 saturated heterocycles. The summed E-state index contributed by atoms with van der Waals surface area (Å²) in [5.41, 5.74) is 0.690. The van der Waals surface area contributed by atoms with Gasteiger partial charge in [-0.3, -0.25) is 0 Å². The quantitative estimate of drug-likeness (QED) is 0.721. The zero-order chi connectivity index (χ0) is 13.9. The Morgan fingerprint density at radius 2 is 1.61 bits per heavy atom. The predicted octanol–water partition coefficient (Wildman–Crippen LogP) is 5.40. The van der Waals surface area contributed by atoms with Crippen LogP contribution in [-0.2, 0) is 0 Å². The summed E-state index contributed by atoms with van der Waals surface area (Å²) in [5, 5.41) is 0.946. The van der Waals surface area contributed by atoms with Crippen molar-refractivity contribution in [1.82, 2.24) is 0 Å².